The Morgan fingerprint density at radius 2 is 2.00 bits per heavy atom. The molecular formula is C20H23F3N4O2. The van der Waals surface area contributed by atoms with Crippen molar-refractivity contribution in [3.05, 3.63) is 42.0 Å². The van der Waals surface area contributed by atoms with Crippen molar-refractivity contribution in [2.24, 2.45) is 5.41 Å². The molecule has 0 N–H and O–H groups in total. The number of benzene rings is 1. The Balaban J connectivity index is 1.52. The fraction of sp³-hybridized carbons (Fsp3) is 0.550. The van der Waals surface area contributed by atoms with E-state index in [2.05, 4.69) is 26.4 Å². The molecule has 1 aromatic heterocycles. The number of alkyl halides is 3. The van der Waals surface area contributed by atoms with Gasteiger partial charge >= 0.3 is 6.36 Å². The number of nitrogens with zero attached hydrogens (tertiary/aromatic N) is 4. The van der Waals surface area contributed by atoms with E-state index < -0.39 is 6.36 Å². The van der Waals surface area contributed by atoms with Crippen LogP contribution in [0.2, 0.25) is 0 Å². The topological polar surface area (TPSA) is 60.2 Å². The molecule has 1 saturated carbocycles. The van der Waals surface area contributed by atoms with E-state index in [4.69, 9.17) is 0 Å². The quantitative estimate of drug-likeness (QED) is 0.751. The van der Waals surface area contributed by atoms with Gasteiger partial charge in [-0.05, 0) is 48.9 Å². The summed E-state index contributed by atoms with van der Waals surface area (Å²) >= 11 is 0. The first kappa shape index (κ1) is 19.7. The van der Waals surface area contributed by atoms with E-state index in [0.717, 1.165) is 38.1 Å². The van der Waals surface area contributed by atoms with Crippen molar-refractivity contribution in [3.8, 4) is 5.75 Å². The standard InChI is InChI=1S/C20H23F3N4O2/c1-2-10-26-13-24-25-17(26)16-11-27(12-19(16)8-3-9-19)18(28)14-4-6-15(7-5-14)29-20(21,22)23/h4-7,13,16H,2-3,8-12H2,1H3. The maximum absolute atomic E-state index is 13.0. The number of aryl methyl sites for hydroxylation is 1. The Hall–Kier alpha value is -2.58. The van der Waals surface area contributed by atoms with Gasteiger partial charge in [0.2, 0.25) is 0 Å². The number of amides is 1. The number of hydrogen-bond acceptors (Lipinski definition) is 4. The van der Waals surface area contributed by atoms with E-state index in [1.54, 1.807) is 11.2 Å². The maximum Gasteiger partial charge on any atom is 0.573 e. The fourth-order valence-electron chi connectivity index (χ4n) is 4.55. The molecule has 0 radical (unpaired) electrons. The molecule has 1 aliphatic carbocycles. The molecule has 1 saturated heterocycles. The maximum atomic E-state index is 13.0. The van der Waals surface area contributed by atoms with Crippen molar-refractivity contribution in [2.75, 3.05) is 13.1 Å². The highest BCUT2D eigenvalue weighted by molar-refractivity contribution is 5.94. The molecule has 2 aliphatic rings. The van der Waals surface area contributed by atoms with Crippen molar-refractivity contribution < 1.29 is 22.7 Å². The van der Waals surface area contributed by atoms with Crippen LogP contribution >= 0.6 is 0 Å². The molecule has 29 heavy (non-hydrogen) atoms. The van der Waals surface area contributed by atoms with Crippen LogP contribution in [0.1, 0.15) is 54.7 Å². The number of carbonyl (C=O) groups is 1. The van der Waals surface area contributed by atoms with E-state index >= 15 is 0 Å². The van der Waals surface area contributed by atoms with Crippen molar-refractivity contribution in [2.45, 2.75) is 51.4 Å². The third-order valence-electron chi connectivity index (χ3n) is 6.04. The summed E-state index contributed by atoms with van der Waals surface area (Å²) in [6.45, 7) is 4.11. The second-order valence-electron chi connectivity index (χ2n) is 7.91. The molecule has 1 spiro atoms. The smallest absolute Gasteiger partial charge is 0.406 e. The van der Waals surface area contributed by atoms with E-state index in [9.17, 15) is 18.0 Å². The number of ether oxygens (including phenoxy) is 1. The summed E-state index contributed by atoms with van der Waals surface area (Å²) in [5.41, 5.74) is 0.373. The molecule has 6 nitrogen and oxygen atoms in total. The van der Waals surface area contributed by atoms with Gasteiger partial charge in [0.25, 0.3) is 5.91 Å². The predicted octanol–water partition coefficient (Wildman–Crippen LogP) is 4.00. The number of halogens is 3. The van der Waals surface area contributed by atoms with Crippen LogP contribution in [0, 0.1) is 5.41 Å². The average molecular weight is 408 g/mol. The van der Waals surface area contributed by atoms with Gasteiger partial charge in [-0.15, -0.1) is 23.4 Å². The fourth-order valence-corrected chi connectivity index (χ4v) is 4.55. The largest absolute Gasteiger partial charge is 0.573 e. The average Bonchev–Trinajstić information content (AvgIpc) is 3.24. The van der Waals surface area contributed by atoms with Gasteiger partial charge < -0.3 is 14.2 Å². The molecular weight excluding hydrogens is 385 g/mol. The molecule has 4 rings (SSSR count). The van der Waals surface area contributed by atoms with Gasteiger partial charge in [-0.25, -0.2) is 0 Å². The van der Waals surface area contributed by atoms with Crippen LogP contribution in [0.25, 0.3) is 0 Å². The molecule has 1 atom stereocenters. The molecule has 156 valence electrons. The highest BCUT2D eigenvalue weighted by Gasteiger charge is 2.53. The lowest BCUT2D eigenvalue weighted by molar-refractivity contribution is -0.274. The first-order valence-electron chi connectivity index (χ1n) is 9.84. The molecule has 1 amide bonds. The molecule has 2 aromatic rings. The number of hydrogen-bond donors (Lipinski definition) is 0. The third-order valence-corrected chi connectivity index (χ3v) is 6.04. The zero-order valence-electron chi connectivity index (χ0n) is 16.2. The minimum Gasteiger partial charge on any atom is -0.406 e. The molecule has 1 unspecified atom stereocenters. The molecule has 9 heteroatoms. The van der Waals surface area contributed by atoms with Crippen LogP contribution < -0.4 is 4.74 Å². The van der Waals surface area contributed by atoms with Gasteiger partial charge in [0.05, 0.1) is 0 Å². The van der Waals surface area contributed by atoms with Crippen molar-refractivity contribution in [3.63, 3.8) is 0 Å². The molecule has 2 fully saturated rings. The van der Waals surface area contributed by atoms with Gasteiger partial charge in [-0.1, -0.05) is 13.3 Å². The highest BCUT2D eigenvalue weighted by atomic mass is 19.4. The van der Waals surface area contributed by atoms with E-state index in [0.29, 0.717) is 18.7 Å². The number of carbonyl (C=O) groups excluding carboxylic acids is 1. The summed E-state index contributed by atoms with van der Waals surface area (Å²) in [7, 11) is 0. The van der Waals surface area contributed by atoms with Gasteiger partial charge in [-0.3, -0.25) is 4.79 Å². The molecule has 1 aromatic carbocycles. The monoisotopic (exact) mass is 408 g/mol. The molecule has 1 aliphatic heterocycles. The van der Waals surface area contributed by atoms with E-state index in [1.165, 1.54) is 24.3 Å². The summed E-state index contributed by atoms with van der Waals surface area (Å²) < 4.78 is 42.9. The zero-order chi connectivity index (χ0) is 20.6. The lowest BCUT2D eigenvalue weighted by atomic mass is 9.62. The van der Waals surface area contributed by atoms with E-state index in [1.807, 2.05) is 0 Å². The van der Waals surface area contributed by atoms with Crippen LogP contribution in [0.5, 0.6) is 5.75 Å². The first-order chi connectivity index (χ1) is 13.8. The number of likely N-dealkylation sites (tertiary alicyclic amines) is 1. The third kappa shape index (κ3) is 3.82. The normalized spacial score (nSPS) is 20.7. The van der Waals surface area contributed by atoms with Crippen LogP contribution in [0.3, 0.4) is 0 Å². The van der Waals surface area contributed by atoms with Crippen molar-refractivity contribution >= 4 is 5.91 Å². The van der Waals surface area contributed by atoms with Crippen LogP contribution in [-0.2, 0) is 6.54 Å². The van der Waals surface area contributed by atoms with Crippen LogP contribution in [0.15, 0.2) is 30.6 Å². The minimum atomic E-state index is -4.75. The molecule has 2 heterocycles. The number of rotatable bonds is 5. The van der Waals surface area contributed by atoms with Crippen molar-refractivity contribution in [1.82, 2.24) is 19.7 Å². The second-order valence-corrected chi connectivity index (χ2v) is 7.91. The van der Waals surface area contributed by atoms with Gasteiger partial charge in [0, 0.05) is 31.1 Å². The molecule has 0 bridgehead atoms. The first-order valence-corrected chi connectivity index (χ1v) is 9.84. The number of aromatic nitrogens is 3. The van der Waals surface area contributed by atoms with Crippen LogP contribution in [0.4, 0.5) is 13.2 Å². The Labute approximate surface area is 166 Å². The Kier molecular flexibility index (Phi) is 5.00. The summed E-state index contributed by atoms with van der Waals surface area (Å²) in [5.74, 6) is 0.535. The Morgan fingerprint density at radius 1 is 1.28 bits per heavy atom. The van der Waals surface area contributed by atoms with Gasteiger partial charge in [0.1, 0.15) is 17.9 Å². The Morgan fingerprint density at radius 3 is 2.59 bits per heavy atom. The predicted molar refractivity (Wildman–Crippen MR) is 98.4 cm³/mol. The summed E-state index contributed by atoms with van der Waals surface area (Å²) in [6.07, 6.45) is 1.18. The summed E-state index contributed by atoms with van der Waals surface area (Å²) in [5, 5.41) is 8.44. The Bertz CT molecular complexity index is 875. The lowest BCUT2D eigenvalue weighted by Crippen LogP contribution is -2.38. The van der Waals surface area contributed by atoms with Crippen molar-refractivity contribution in [1.29, 1.82) is 0 Å². The second kappa shape index (κ2) is 7.35. The SMILES string of the molecule is CCCn1cnnc1C1CN(C(=O)c2ccc(OC(F)(F)F)cc2)CC12CCC2. The summed E-state index contributed by atoms with van der Waals surface area (Å²) in [6, 6.07) is 5.10. The highest BCUT2D eigenvalue weighted by Crippen LogP contribution is 2.55. The summed E-state index contributed by atoms with van der Waals surface area (Å²) in [4.78, 5) is 14.8. The van der Waals surface area contributed by atoms with Gasteiger partial charge in [0.15, 0.2) is 0 Å². The minimum absolute atomic E-state index is 0.0214. The van der Waals surface area contributed by atoms with E-state index in [-0.39, 0.29) is 23.0 Å². The zero-order valence-corrected chi connectivity index (χ0v) is 16.2. The van der Waals surface area contributed by atoms with Gasteiger partial charge in [-0.2, -0.15) is 0 Å². The van der Waals surface area contributed by atoms with Crippen LogP contribution in [-0.4, -0.2) is 45.0 Å². The lowest BCUT2D eigenvalue weighted by Gasteiger charge is -2.42.